The van der Waals surface area contributed by atoms with Gasteiger partial charge in [-0.2, -0.15) is 5.10 Å². The Balaban J connectivity index is 1.65. The highest BCUT2D eigenvalue weighted by Gasteiger charge is 2.28. The number of aromatic amines is 1. The molecule has 9 nitrogen and oxygen atoms in total. The number of nitrogens with one attached hydrogen (secondary N) is 2. The number of nitrogens with zero attached hydrogens (tertiary/aromatic N) is 4. The normalized spacial score (nSPS) is 14.1. The molecule has 3 aromatic heterocycles. The molecule has 1 saturated carbocycles. The van der Waals surface area contributed by atoms with Crippen LogP contribution in [-0.4, -0.2) is 47.7 Å². The molecule has 9 heteroatoms. The fraction of sp³-hybridized carbons (Fsp3) is 0.304. The average Bonchev–Trinajstić information content (AvgIpc) is 3.27. The van der Waals surface area contributed by atoms with Crippen LogP contribution in [0.2, 0.25) is 0 Å². The maximum absolute atomic E-state index is 11.9. The number of fused-ring (bicyclic) bond motifs is 1. The Bertz CT molecular complexity index is 1300. The van der Waals surface area contributed by atoms with E-state index in [0.717, 1.165) is 35.4 Å². The van der Waals surface area contributed by atoms with Gasteiger partial charge in [0.2, 0.25) is 5.91 Å². The minimum Gasteiger partial charge on any atom is -0.389 e. The molecule has 4 aromatic rings. The molecule has 1 aliphatic carbocycles. The number of hydrogen-bond donors (Lipinski definition) is 4. The number of nitrogens with two attached hydrogens (primary N) is 1. The van der Waals surface area contributed by atoms with Crippen molar-refractivity contribution < 1.29 is 9.90 Å². The van der Waals surface area contributed by atoms with Gasteiger partial charge in [-0.15, -0.1) is 0 Å². The number of benzene rings is 1. The Morgan fingerprint density at radius 2 is 2.16 bits per heavy atom. The van der Waals surface area contributed by atoms with Crippen LogP contribution in [0.15, 0.2) is 42.9 Å². The van der Waals surface area contributed by atoms with Crippen molar-refractivity contribution in [3.05, 3.63) is 54.0 Å². The number of hydrogen-bond acceptors (Lipinski definition) is 6. The van der Waals surface area contributed by atoms with Crippen LogP contribution in [0, 0.1) is 0 Å². The third-order valence-corrected chi connectivity index (χ3v) is 5.59. The molecule has 164 valence electrons. The van der Waals surface area contributed by atoms with Gasteiger partial charge in [-0.25, -0.2) is 9.97 Å². The highest BCUT2D eigenvalue weighted by molar-refractivity contribution is 5.95. The van der Waals surface area contributed by atoms with Crippen molar-refractivity contribution >= 4 is 17.4 Å². The average molecular weight is 432 g/mol. The molecular formula is C23H25N7O2. The van der Waals surface area contributed by atoms with E-state index < -0.39 is 11.5 Å². The highest BCUT2D eigenvalue weighted by Crippen LogP contribution is 2.43. The molecule has 1 fully saturated rings. The first-order chi connectivity index (χ1) is 15.3. The number of imidazole rings is 1. The number of rotatable bonds is 7. The minimum absolute atomic E-state index is 0.309. The number of aromatic nitrogens is 5. The quantitative estimate of drug-likeness (QED) is 0.355. The molecule has 0 atom stereocenters. The lowest BCUT2D eigenvalue weighted by Gasteiger charge is -2.19. The predicted molar refractivity (Wildman–Crippen MR) is 121 cm³/mol. The van der Waals surface area contributed by atoms with Crippen LogP contribution in [0.3, 0.4) is 0 Å². The summed E-state index contributed by atoms with van der Waals surface area (Å²) in [5, 5.41) is 20.4. The maximum atomic E-state index is 11.9. The fourth-order valence-electron chi connectivity index (χ4n) is 3.83. The van der Waals surface area contributed by atoms with Gasteiger partial charge in [0.15, 0.2) is 11.5 Å². The van der Waals surface area contributed by atoms with Gasteiger partial charge in [0, 0.05) is 30.1 Å². The standard InChI is InChI=1S/C23H25N7O2/c1-23(2,32)12-26-21-22-25-10-19(30(22)11-18(28-21)17-7-8-27-29-17)14-5-6-15(20(24)31)16(9-14)13-3-4-13/h5-11,13,32H,3-4,12H2,1-2H3,(H2,24,31)(H,26,28)(H,27,29). The lowest BCUT2D eigenvalue weighted by atomic mass is 9.98. The van der Waals surface area contributed by atoms with Crippen molar-refractivity contribution in [1.82, 2.24) is 24.6 Å². The second-order valence-corrected chi connectivity index (χ2v) is 8.89. The van der Waals surface area contributed by atoms with Gasteiger partial charge in [0.1, 0.15) is 5.69 Å². The van der Waals surface area contributed by atoms with E-state index in [2.05, 4.69) is 20.5 Å². The Labute approximate surface area is 184 Å². The van der Waals surface area contributed by atoms with E-state index in [0.29, 0.717) is 35.2 Å². The molecule has 0 spiro atoms. The summed E-state index contributed by atoms with van der Waals surface area (Å²) >= 11 is 0. The number of amides is 1. The summed E-state index contributed by atoms with van der Waals surface area (Å²) in [6, 6.07) is 7.59. The van der Waals surface area contributed by atoms with Crippen LogP contribution in [-0.2, 0) is 0 Å². The van der Waals surface area contributed by atoms with E-state index in [4.69, 9.17) is 10.7 Å². The Kier molecular flexibility index (Phi) is 4.70. The van der Waals surface area contributed by atoms with Crippen molar-refractivity contribution in [2.75, 3.05) is 11.9 Å². The lowest BCUT2D eigenvalue weighted by Crippen LogP contribution is -2.29. The van der Waals surface area contributed by atoms with Crippen molar-refractivity contribution in [2.24, 2.45) is 5.73 Å². The number of anilines is 1. The summed E-state index contributed by atoms with van der Waals surface area (Å²) < 4.78 is 1.96. The number of H-pyrrole nitrogens is 1. The van der Waals surface area contributed by atoms with E-state index in [-0.39, 0.29) is 0 Å². The molecule has 32 heavy (non-hydrogen) atoms. The second kappa shape index (κ2) is 7.45. The van der Waals surface area contributed by atoms with Gasteiger partial charge in [0.25, 0.3) is 0 Å². The Hall–Kier alpha value is -3.72. The summed E-state index contributed by atoms with van der Waals surface area (Å²) in [5.41, 5.74) is 10.2. The van der Waals surface area contributed by atoms with Gasteiger partial charge in [-0.05, 0) is 56.4 Å². The lowest BCUT2D eigenvalue weighted by molar-refractivity contribution is 0.0943. The van der Waals surface area contributed by atoms with Crippen LogP contribution < -0.4 is 11.1 Å². The van der Waals surface area contributed by atoms with E-state index >= 15 is 0 Å². The number of aliphatic hydroxyl groups is 1. The molecule has 1 aliphatic rings. The van der Waals surface area contributed by atoms with Crippen LogP contribution in [0.5, 0.6) is 0 Å². The molecule has 0 unspecified atom stereocenters. The topological polar surface area (TPSA) is 134 Å². The first-order valence-electron chi connectivity index (χ1n) is 10.6. The summed E-state index contributed by atoms with van der Waals surface area (Å²) in [7, 11) is 0. The molecule has 1 amide bonds. The van der Waals surface area contributed by atoms with Crippen molar-refractivity contribution in [3.63, 3.8) is 0 Å². The number of primary amides is 1. The molecule has 5 N–H and O–H groups in total. The predicted octanol–water partition coefficient (Wildman–Crippen LogP) is 2.95. The van der Waals surface area contributed by atoms with E-state index in [1.54, 1.807) is 32.3 Å². The molecule has 3 heterocycles. The van der Waals surface area contributed by atoms with Gasteiger partial charge in [-0.1, -0.05) is 6.07 Å². The molecule has 0 radical (unpaired) electrons. The number of carbonyl (C=O) groups excluding carboxylic acids is 1. The zero-order valence-corrected chi connectivity index (χ0v) is 18.0. The summed E-state index contributed by atoms with van der Waals surface area (Å²) in [4.78, 5) is 21.2. The zero-order valence-electron chi connectivity index (χ0n) is 18.0. The van der Waals surface area contributed by atoms with E-state index in [1.165, 1.54) is 0 Å². The van der Waals surface area contributed by atoms with Gasteiger partial charge >= 0.3 is 0 Å². The van der Waals surface area contributed by atoms with Crippen LogP contribution in [0.1, 0.15) is 48.5 Å². The fourth-order valence-corrected chi connectivity index (χ4v) is 3.83. The van der Waals surface area contributed by atoms with Gasteiger partial charge in [0.05, 0.1) is 23.2 Å². The van der Waals surface area contributed by atoms with E-state index in [1.807, 2.05) is 28.8 Å². The van der Waals surface area contributed by atoms with Gasteiger partial charge < -0.3 is 16.2 Å². The first kappa shape index (κ1) is 20.2. The first-order valence-corrected chi connectivity index (χ1v) is 10.6. The van der Waals surface area contributed by atoms with Crippen molar-refractivity contribution in [1.29, 1.82) is 0 Å². The minimum atomic E-state index is -0.915. The monoisotopic (exact) mass is 431 g/mol. The number of carbonyl (C=O) groups is 1. The van der Waals surface area contributed by atoms with E-state index in [9.17, 15) is 9.90 Å². The molecule has 0 bridgehead atoms. The van der Waals surface area contributed by atoms with Crippen LogP contribution in [0.25, 0.3) is 28.3 Å². The smallest absolute Gasteiger partial charge is 0.248 e. The van der Waals surface area contributed by atoms with Gasteiger partial charge in [-0.3, -0.25) is 14.3 Å². The SMILES string of the molecule is CC(C)(O)CNc1nc(-c2ccn[nH]2)cn2c(-c3ccc(C(N)=O)c(C4CC4)c3)cnc12. The van der Waals surface area contributed by atoms with Crippen LogP contribution >= 0.6 is 0 Å². The second-order valence-electron chi connectivity index (χ2n) is 8.89. The molecule has 5 rings (SSSR count). The maximum Gasteiger partial charge on any atom is 0.248 e. The third-order valence-electron chi connectivity index (χ3n) is 5.59. The summed E-state index contributed by atoms with van der Waals surface area (Å²) in [6.45, 7) is 3.77. The molecular weight excluding hydrogens is 406 g/mol. The summed E-state index contributed by atoms with van der Waals surface area (Å²) in [6.07, 6.45) is 7.49. The Morgan fingerprint density at radius 3 is 2.81 bits per heavy atom. The summed E-state index contributed by atoms with van der Waals surface area (Å²) in [5.74, 6) is 0.532. The zero-order chi connectivity index (χ0) is 22.5. The molecule has 1 aromatic carbocycles. The Morgan fingerprint density at radius 1 is 1.34 bits per heavy atom. The van der Waals surface area contributed by atoms with Crippen molar-refractivity contribution in [2.45, 2.75) is 38.2 Å². The largest absolute Gasteiger partial charge is 0.389 e. The molecule has 0 saturated heterocycles. The van der Waals surface area contributed by atoms with Crippen molar-refractivity contribution in [3.8, 4) is 22.6 Å². The van der Waals surface area contributed by atoms with Crippen LogP contribution in [0.4, 0.5) is 5.82 Å². The highest BCUT2D eigenvalue weighted by atomic mass is 16.3. The molecule has 0 aliphatic heterocycles. The third kappa shape index (κ3) is 3.82.